The first kappa shape index (κ1) is 16.4. The molecule has 134 valence electrons. The molecule has 1 amide bonds. The molecule has 0 bridgehead atoms. The molecule has 25 heavy (non-hydrogen) atoms. The fourth-order valence-electron chi connectivity index (χ4n) is 3.67. The Kier molecular flexibility index (Phi) is 4.63. The van der Waals surface area contributed by atoms with Crippen LogP contribution in [-0.4, -0.2) is 55.0 Å². The van der Waals surface area contributed by atoms with Gasteiger partial charge in [-0.05, 0) is 38.0 Å². The van der Waals surface area contributed by atoms with Gasteiger partial charge in [0, 0.05) is 36.0 Å². The van der Waals surface area contributed by atoms with Crippen LogP contribution in [0.2, 0.25) is 0 Å². The normalized spacial score (nSPS) is 19.6. The highest BCUT2D eigenvalue weighted by molar-refractivity contribution is 5.98. The van der Waals surface area contributed by atoms with Gasteiger partial charge in [-0.25, -0.2) is 0 Å². The SMILES string of the molecule is CCOc1ccc2cc(C(=O)N3CCC(C4OCCO4)CC3)[nH]c2c1. The standard InChI is InChI=1S/C19H24N2O4/c1-2-23-15-4-3-14-11-17(20-16(14)12-15)18(22)21-7-5-13(6-8-21)19-24-9-10-25-19/h3-4,11-13,19-20H,2,5-10H2,1H3. The van der Waals surface area contributed by atoms with E-state index < -0.39 is 0 Å². The molecule has 3 heterocycles. The van der Waals surface area contributed by atoms with Crippen LogP contribution in [0.1, 0.15) is 30.3 Å². The molecule has 2 aromatic rings. The summed E-state index contributed by atoms with van der Waals surface area (Å²) in [6, 6.07) is 7.77. The summed E-state index contributed by atoms with van der Waals surface area (Å²) in [6.07, 6.45) is 1.76. The van der Waals surface area contributed by atoms with Crippen molar-refractivity contribution in [2.45, 2.75) is 26.1 Å². The molecule has 0 spiro atoms. The number of likely N-dealkylation sites (tertiary alicyclic amines) is 1. The predicted molar refractivity (Wildman–Crippen MR) is 93.8 cm³/mol. The molecule has 0 unspecified atom stereocenters. The average Bonchev–Trinajstić information content (AvgIpc) is 3.31. The molecule has 6 heteroatoms. The Morgan fingerprint density at radius 2 is 2.00 bits per heavy atom. The molecular weight excluding hydrogens is 320 g/mol. The van der Waals surface area contributed by atoms with Crippen LogP contribution in [0, 0.1) is 5.92 Å². The molecule has 2 aliphatic rings. The van der Waals surface area contributed by atoms with Gasteiger partial charge in [0.2, 0.25) is 0 Å². The molecule has 2 aliphatic heterocycles. The number of ether oxygens (including phenoxy) is 3. The maximum Gasteiger partial charge on any atom is 0.270 e. The minimum atomic E-state index is -0.0812. The number of hydrogen-bond donors (Lipinski definition) is 1. The zero-order valence-electron chi connectivity index (χ0n) is 14.5. The lowest BCUT2D eigenvalue weighted by Gasteiger charge is -2.33. The Labute approximate surface area is 147 Å². The lowest BCUT2D eigenvalue weighted by Crippen LogP contribution is -2.41. The third-order valence-corrected chi connectivity index (χ3v) is 4.99. The minimum Gasteiger partial charge on any atom is -0.494 e. The first-order valence-electron chi connectivity index (χ1n) is 9.02. The summed E-state index contributed by atoms with van der Waals surface area (Å²) in [6.45, 7) is 5.43. The van der Waals surface area contributed by atoms with Gasteiger partial charge >= 0.3 is 0 Å². The molecule has 6 nitrogen and oxygen atoms in total. The van der Waals surface area contributed by atoms with E-state index in [-0.39, 0.29) is 12.2 Å². The van der Waals surface area contributed by atoms with Crippen LogP contribution in [0.3, 0.4) is 0 Å². The average molecular weight is 344 g/mol. The van der Waals surface area contributed by atoms with Crippen molar-refractivity contribution in [2.75, 3.05) is 32.9 Å². The Bertz CT molecular complexity index is 743. The summed E-state index contributed by atoms with van der Waals surface area (Å²) in [7, 11) is 0. The Hall–Kier alpha value is -2.05. The summed E-state index contributed by atoms with van der Waals surface area (Å²) in [4.78, 5) is 18.0. The quantitative estimate of drug-likeness (QED) is 0.926. The summed E-state index contributed by atoms with van der Waals surface area (Å²) < 4.78 is 16.7. The van der Waals surface area contributed by atoms with Crippen molar-refractivity contribution in [1.29, 1.82) is 0 Å². The summed E-state index contributed by atoms with van der Waals surface area (Å²) >= 11 is 0. The van der Waals surface area contributed by atoms with E-state index in [1.165, 1.54) is 0 Å². The number of nitrogens with zero attached hydrogens (tertiary/aromatic N) is 1. The lowest BCUT2D eigenvalue weighted by atomic mass is 9.96. The second kappa shape index (κ2) is 7.06. The van der Waals surface area contributed by atoms with Crippen molar-refractivity contribution < 1.29 is 19.0 Å². The highest BCUT2D eigenvalue weighted by Gasteiger charge is 2.32. The van der Waals surface area contributed by atoms with Crippen molar-refractivity contribution in [1.82, 2.24) is 9.88 Å². The van der Waals surface area contributed by atoms with Crippen LogP contribution >= 0.6 is 0 Å². The predicted octanol–water partition coefficient (Wildman–Crippen LogP) is 2.79. The largest absolute Gasteiger partial charge is 0.494 e. The number of benzene rings is 1. The number of hydrogen-bond acceptors (Lipinski definition) is 4. The zero-order valence-corrected chi connectivity index (χ0v) is 14.5. The highest BCUT2D eigenvalue weighted by Crippen LogP contribution is 2.27. The van der Waals surface area contributed by atoms with E-state index in [0.29, 0.717) is 31.4 Å². The number of nitrogens with one attached hydrogen (secondary N) is 1. The molecule has 1 aromatic heterocycles. The van der Waals surface area contributed by atoms with Crippen molar-refractivity contribution in [2.24, 2.45) is 5.92 Å². The first-order chi connectivity index (χ1) is 12.2. The molecule has 4 rings (SSSR count). The van der Waals surface area contributed by atoms with Gasteiger partial charge in [-0.2, -0.15) is 0 Å². The number of piperidine rings is 1. The van der Waals surface area contributed by atoms with E-state index in [2.05, 4.69) is 4.98 Å². The van der Waals surface area contributed by atoms with Gasteiger partial charge in [-0.3, -0.25) is 4.79 Å². The number of H-pyrrole nitrogens is 1. The van der Waals surface area contributed by atoms with Crippen LogP contribution in [0.25, 0.3) is 10.9 Å². The van der Waals surface area contributed by atoms with Gasteiger partial charge in [-0.15, -0.1) is 0 Å². The maximum absolute atomic E-state index is 12.8. The van der Waals surface area contributed by atoms with Gasteiger partial charge in [0.05, 0.1) is 19.8 Å². The molecule has 1 N–H and O–H groups in total. The minimum absolute atomic E-state index is 0.0564. The van der Waals surface area contributed by atoms with Gasteiger partial charge in [0.1, 0.15) is 11.4 Å². The molecule has 2 fully saturated rings. The number of carbonyl (C=O) groups excluding carboxylic acids is 1. The van der Waals surface area contributed by atoms with E-state index in [0.717, 1.165) is 42.6 Å². The van der Waals surface area contributed by atoms with Crippen LogP contribution in [0.15, 0.2) is 24.3 Å². The van der Waals surface area contributed by atoms with Crippen LogP contribution in [-0.2, 0) is 9.47 Å². The van der Waals surface area contributed by atoms with Crippen LogP contribution < -0.4 is 4.74 Å². The van der Waals surface area contributed by atoms with Crippen LogP contribution in [0.5, 0.6) is 5.75 Å². The topological polar surface area (TPSA) is 63.8 Å². The Morgan fingerprint density at radius 1 is 1.24 bits per heavy atom. The molecule has 0 aliphatic carbocycles. The second-order valence-corrected chi connectivity index (χ2v) is 6.60. The third kappa shape index (κ3) is 3.37. The molecule has 0 saturated carbocycles. The van der Waals surface area contributed by atoms with E-state index in [1.807, 2.05) is 36.1 Å². The van der Waals surface area contributed by atoms with Crippen molar-refractivity contribution in [3.05, 3.63) is 30.0 Å². The summed E-state index contributed by atoms with van der Waals surface area (Å²) in [5.41, 5.74) is 1.56. The van der Waals surface area contributed by atoms with Crippen molar-refractivity contribution in [3.8, 4) is 5.75 Å². The van der Waals surface area contributed by atoms with E-state index in [1.54, 1.807) is 0 Å². The van der Waals surface area contributed by atoms with Gasteiger partial charge in [0.25, 0.3) is 5.91 Å². The van der Waals surface area contributed by atoms with E-state index >= 15 is 0 Å². The fourth-order valence-corrected chi connectivity index (χ4v) is 3.67. The first-order valence-corrected chi connectivity index (χ1v) is 9.02. The monoisotopic (exact) mass is 344 g/mol. The Balaban J connectivity index is 1.43. The second-order valence-electron chi connectivity index (χ2n) is 6.60. The summed E-state index contributed by atoms with van der Waals surface area (Å²) in [5, 5.41) is 1.02. The number of fused-ring (bicyclic) bond motifs is 1. The van der Waals surface area contributed by atoms with Gasteiger partial charge in [0.15, 0.2) is 6.29 Å². The highest BCUT2D eigenvalue weighted by atomic mass is 16.7. The van der Waals surface area contributed by atoms with E-state index in [9.17, 15) is 4.79 Å². The summed E-state index contributed by atoms with van der Waals surface area (Å²) in [5.74, 6) is 1.26. The molecular formula is C19H24N2O4. The maximum atomic E-state index is 12.8. The van der Waals surface area contributed by atoms with Crippen LogP contribution in [0.4, 0.5) is 0 Å². The lowest BCUT2D eigenvalue weighted by molar-refractivity contribution is -0.0956. The van der Waals surface area contributed by atoms with Crippen molar-refractivity contribution in [3.63, 3.8) is 0 Å². The smallest absolute Gasteiger partial charge is 0.270 e. The number of aromatic nitrogens is 1. The van der Waals surface area contributed by atoms with Gasteiger partial charge in [-0.1, -0.05) is 0 Å². The van der Waals surface area contributed by atoms with Gasteiger partial charge < -0.3 is 24.1 Å². The molecule has 0 atom stereocenters. The number of rotatable bonds is 4. The molecule has 2 saturated heterocycles. The molecule has 0 radical (unpaired) electrons. The Morgan fingerprint density at radius 3 is 2.72 bits per heavy atom. The fraction of sp³-hybridized carbons (Fsp3) is 0.526. The third-order valence-electron chi connectivity index (χ3n) is 4.99. The number of carbonyl (C=O) groups is 1. The van der Waals surface area contributed by atoms with E-state index in [4.69, 9.17) is 14.2 Å². The zero-order chi connectivity index (χ0) is 17.2. The number of aromatic amines is 1. The number of amides is 1. The molecule has 1 aromatic carbocycles. The van der Waals surface area contributed by atoms with Crippen molar-refractivity contribution >= 4 is 16.8 Å².